The number of unbranched alkanes of at least 4 members (excludes halogenated alkanes) is 5. The van der Waals surface area contributed by atoms with Crippen LogP contribution in [-0.4, -0.2) is 96.9 Å². The lowest BCUT2D eigenvalue weighted by Gasteiger charge is -2.24. The molecule has 0 rings (SSSR count). The lowest BCUT2D eigenvalue weighted by Crippen LogP contribution is -2.45. The summed E-state index contributed by atoms with van der Waals surface area (Å²) >= 11 is 0. The highest BCUT2D eigenvalue weighted by molar-refractivity contribution is 5.89. The van der Waals surface area contributed by atoms with Crippen molar-refractivity contribution in [2.45, 2.75) is 108 Å². The molecule has 0 radical (unpaired) electrons. The van der Waals surface area contributed by atoms with Crippen molar-refractivity contribution in [1.29, 1.82) is 5.41 Å². The van der Waals surface area contributed by atoms with E-state index in [1.54, 1.807) is 12.2 Å². The Bertz CT molecular complexity index is 984. The molecule has 0 aromatic carbocycles. The van der Waals surface area contributed by atoms with Gasteiger partial charge in [0, 0.05) is 19.4 Å². The molecule has 0 unspecified atom stereocenters. The molecule has 10 N–H and O–H groups in total. The van der Waals surface area contributed by atoms with Crippen molar-refractivity contribution in [1.82, 2.24) is 10.4 Å². The number of aliphatic hydroxyl groups is 4. The van der Waals surface area contributed by atoms with E-state index in [1.165, 1.54) is 0 Å². The second-order valence-corrected chi connectivity index (χ2v) is 11.1. The van der Waals surface area contributed by atoms with Gasteiger partial charge in [-0.1, -0.05) is 55.9 Å². The molecule has 0 aliphatic carbocycles. The smallest absolute Gasteiger partial charge is 0.322 e. The summed E-state index contributed by atoms with van der Waals surface area (Å²) in [5.41, 5.74) is 5.15. The normalized spacial score (nSPS) is 15.4. The van der Waals surface area contributed by atoms with Gasteiger partial charge in [0.2, 0.25) is 5.96 Å². The quantitative estimate of drug-likeness (QED) is 0.0166. The Morgan fingerprint density at radius 3 is 2.04 bits per heavy atom. The molecule has 0 aliphatic heterocycles. The second kappa shape index (κ2) is 25.9. The highest BCUT2D eigenvalue weighted by Crippen LogP contribution is 2.19. The minimum Gasteiger partial charge on any atom is -0.480 e. The molecule has 1 amide bonds. The molecule has 5 atom stereocenters. The van der Waals surface area contributed by atoms with Crippen LogP contribution in [0.4, 0.5) is 0 Å². The van der Waals surface area contributed by atoms with Gasteiger partial charge in [0.25, 0.3) is 5.91 Å². The fraction of sp³-hybridized carbons (Fsp3) is 0.625. The van der Waals surface area contributed by atoms with Gasteiger partial charge in [0.05, 0.1) is 18.3 Å². The van der Waals surface area contributed by atoms with E-state index in [9.17, 15) is 40.0 Å². The van der Waals surface area contributed by atoms with E-state index < -0.39 is 42.8 Å². The first kappa shape index (κ1) is 41.6. The maximum Gasteiger partial charge on any atom is 0.322 e. The topological polar surface area (TPSA) is 238 Å². The highest BCUT2D eigenvalue weighted by atomic mass is 16.5. The predicted molar refractivity (Wildman–Crippen MR) is 171 cm³/mol. The number of amides is 1. The minimum absolute atomic E-state index is 0.0358. The van der Waals surface area contributed by atoms with Crippen molar-refractivity contribution in [3.63, 3.8) is 0 Å². The number of rotatable bonds is 26. The lowest BCUT2D eigenvalue weighted by atomic mass is 9.92. The van der Waals surface area contributed by atoms with Crippen LogP contribution in [-0.2, 0) is 14.4 Å². The van der Waals surface area contributed by atoms with E-state index in [0.717, 1.165) is 56.4 Å². The highest BCUT2D eigenvalue weighted by Gasteiger charge is 2.28. The number of aliphatic hydroxyl groups excluding tert-OH is 4. The largest absolute Gasteiger partial charge is 0.480 e. The Morgan fingerprint density at radius 2 is 1.42 bits per heavy atom. The third-order valence-corrected chi connectivity index (χ3v) is 6.99. The molecule has 0 bridgehead atoms. The van der Waals surface area contributed by atoms with Crippen molar-refractivity contribution in [2.24, 2.45) is 11.7 Å². The summed E-state index contributed by atoms with van der Waals surface area (Å²) in [5, 5.41) is 67.8. The van der Waals surface area contributed by atoms with Crippen LogP contribution in [0, 0.1) is 11.3 Å². The Balaban J connectivity index is 3.97. The van der Waals surface area contributed by atoms with E-state index in [1.807, 2.05) is 48.7 Å². The van der Waals surface area contributed by atoms with Gasteiger partial charge in [0.15, 0.2) is 11.9 Å². The average Bonchev–Trinajstić information content (AvgIpc) is 2.98. The van der Waals surface area contributed by atoms with E-state index in [-0.39, 0.29) is 30.5 Å². The molecule has 0 aromatic rings. The number of hydroxylamine groups is 2. The summed E-state index contributed by atoms with van der Waals surface area (Å²) in [6.07, 6.45) is 17.1. The summed E-state index contributed by atoms with van der Waals surface area (Å²) in [6, 6.07) is 0. The monoisotopic (exact) mass is 638 g/mol. The number of guanidine groups is 1. The van der Waals surface area contributed by atoms with Crippen LogP contribution >= 0.6 is 0 Å². The van der Waals surface area contributed by atoms with E-state index in [2.05, 4.69) is 0 Å². The fourth-order valence-corrected chi connectivity index (χ4v) is 4.19. The first-order valence-electron chi connectivity index (χ1n) is 15.5. The minimum atomic E-state index is -1.89. The third-order valence-electron chi connectivity index (χ3n) is 6.99. The van der Waals surface area contributed by atoms with Gasteiger partial charge >= 0.3 is 5.97 Å². The number of nitrogens with one attached hydrogen (secondary N) is 2. The first-order chi connectivity index (χ1) is 21.3. The summed E-state index contributed by atoms with van der Waals surface area (Å²) in [7, 11) is 0. The van der Waals surface area contributed by atoms with Crippen molar-refractivity contribution < 1.29 is 45.1 Å². The molecule has 0 aliphatic rings. The molecular weight excluding hydrogens is 584 g/mol. The standard InChI is InChI=1S/C32H54N4O9/c1-24(27(39)21-26(38)22-28(40)30(43)31(44)35-23-29(41)42)17-13-9-5-2-3-6-10-14-18-25(37)19-15-11-7-4-8-12-16-20-36(45)32(33)34/h2-3,5-7,11,15,19,24,26-28,30,38-40,43,45H,4,8-10,12-14,16-18,20-23H2,1H3,(H3,33,34)(H,35,44)(H,41,42)/b5-2+,6-3+,11-7+,19-15+/t24-,26-,27-,28+,30+/m1/s1. The van der Waals surface area contributed by atoms with E-state index >= 15 is 0 Å². The van der Waals surface area contributed by atoms with Crippen molar-refractivity contribution >= 4 is 23.6 Å². The van der Waals surface area contributed by atoms with Crippen LogP contribution in [0.25, 0.3) is 0 Å². The first-order valence-corrected chi connectivity index (χ1v) is 15.5. The van der Waals surface area contributed by atoms with Gasteiger partial charge in [-0.25, -0.2) is 5.06 Å². The van der Waals surface area contributed by atoms with Crippen LogP contribution in [0.3, 0.4) is 0 Å². The van der Waals surface area contributed by atoms with Gasteiger partial charge in [0.1, 0.15) is 6.54 Å². The molecular formula is C32H54N4O9. The Kier molecular flexibility index (Phi) is 24.0. The van der Waals surface area contributed by atoms with E-state index in [0.29, 0.717) is 19.4 Å². The molecule has 45 heavy (non-hydrogen) atoms. The number of aliphatic carboxylic acids is 1. The summed E-state index contributed by atoms with van der Waals surface area (Å²) in [4.78, 5) is 34.1. The zero-order chi connectivity index (χ0) is 34.0. The predicted octanol–water partition coefficient (Wildman–Crippen LogP) is 2.33. The van der Waals surface area contributed by atoms with Gasteiger partial charge in [-0.3, -0.25) is 25.0 Å². The molecule has 0 saturated heterocycles. The zero-order valence-corrected chi connectivity index (χ0v) is 26.3. The molecule has 13 heteroatoms. The number of ketones is 1. The number of carboxylic acids is 1. The Hall–Kier alpha value is -3.36. The molecule has 13 nitrogen and oxygen atoms in total. The van der Waals surface area contributed by atoms with Crippen molar-refractivity contribution in [2.75, 3.05) is 13.1 Å². The summed E-state index contributed by atoms with van der Waals surface area (Å²) in [6.45, 7) is 1.50. The van der Waals surface area contributed by atoms with Gasteiger partial charge in [-0.2, -0.15) is 0 Å². The fourth-order valence-electron chi connectivity index (χ4n) is 4.19. The van der Waals surface area contributed by atoms with Crippen LogP contribution in [0.15, 0.2) is 48.6 Å². The number of allylic oxidation sites excluding steroid dienone is 8. The number of nitrogens with zero attached hydrogens (tertiary/aromatic N) is 1. The number of carbonyl (C=O) groups is 3. The SMILES string of the molecule is C[C@H](CCC/C=C/C=C/CCCC(=O)/C=C/C=C/CCCCCN(O)C(=N)N)[C@H](O)C[C@@H](O)C[C@H](O)[C@H](O)C(=O)NCC(=O)O. The molecule has 256 valence electrons. The van der Waals surface area contributed by atoms with Gasteiger partial charge in [-0.05, 0) is 69.8 Å². The van der Waals surface area contributed by atoms with Gasteiger partial charge in [-0.15, -0.1) is 0 Å². The van der Waals surface area contributed by atoms with Crippen LogP contribution < -0.4 is 11.1 Å². The van der Waals surface area contributed by atoms with Crippen LogP contribution in [0.2, 0.25) is 0 Å². The molecule has 0 aromatic heterocycles. The third kappa shape index (κ3) is 23.7. The number of hydrogen-bond acceptors (Lipinski definition) is 9. The van der Waals surface area contributed by atoms with Crippen molar-refractivity contribution in [3.05, 3.63) is 48.6 Å². The Labute approximate surface area is 266 Å². The van der Waals surface area contributed by atoms with Gasteiger partial charge < -0.3 is 36.6 Å². The van der Waals surface area contributed by atoms with Crippen LogP contribution in [0.1, 0.15) is 84.0 Å². The molecule has 0 saturated carbocycles. The number of carbonyl (C=O) groups excluding carboxylic acids is 2. The second-order valence-electron chi connectivity index (χ2n) is 11.1. The maximum atomic E-state index is 11.9. The van der Waals surface area contributed by atoms with E-state index in [4.69, 9.17) is 16.2 Å². The number of nitrogens with two attached hydrogens (primary N) is 1. The van der Waals surface area contributed by atoms with Crippen molar-refractivity contribution in [3.8, 4) is 0 Å². The molecule has 0 fully saturated rings. The van der Waals surface area contributed by atoms with Crippen LogP contribution in [0.5, 0.6) is 0 Å². The number of carboxylic acid groups (broad SMARTS) is 1. The average molecular weight is 639 g/mol. The molecule has 0 spiro atoms. The molecule has 0 heterocycles. The number of hydrogen-bond donors (Lipinski definition) is 9. The maximum absolute atomic E-state index is 11.9. The summed E-state index contributed by atoms with van der Waals surface area (Å²) < 4.78 is 0. The lowest BCUT2D eigenvalue weighted by molar-refractivity contribution is -0.142. The zero-order valence-electron chi connectivity index (χ0n) is 26.3. The Morgan fingerprint density at radius 1 is 0.844 bits per heavy atom. The summed E-state index contributed by atoms with van der Waals surface area (Å²) in [5.74, 6) is -2.74.